The van der Waals surface area contributed by atoms with Crippen LogP contribution in [0.4, 0.5) is 11.8 Å². The second-order valence-electron chi connectivity index (χ2n) is 8.56. The molecule has 0 radical (unpaired) electrons. The van der Waals surface area contributed by atoms with Crippen LogP contribution >= 0.6 is 0 Å². The Labute approximate surface area is 206 Å². The lowest BCUT2D eigenvalue weighted by Crippen LogP contribution is -2.52. The van der Waals surface area contributed by atoms with Crippen LogP contribution in [0.2, 0.25) is 0 Å². The molecule has 1 amide bonds. The van der Waals surface area contributed by atoms with Gasteiger partial charge < -0.3 is 25.7 Å². The van der Waals surface area contributed by atoms with Crippen LogP contribution in [0.25, 0.3) is 22.3 Å². The molecule has 3 aromatic heterocycles. The standard InChI is InChI=1S/C25H23N9O2/c26-23-21-22(16-6-8-19(9-7-16)36-18-4-2-1-3-5-18)31-34(24(21)30-15-29-23)17-12-33(13-17)20(35)14-32-11-10-28-25(32)27/h1-11,15,17H,12-14H2,(H2,27,28)(H2,26,29,30). The van der Waals surface area contributed by atoms with E-state index < -0.39 is 0 Å². The first-order valence-electron chi connectivity index (χ1n) is 11.4. The number of likely N-dealkylation sites (tertiary alicyclic amines) is 1. The van der Waals surface area contributed by atoms with Crippen molar-refractivity contribution in [3.63, 3.8) is 0 Å². The van der Waals surface area contributed by atoms with E-state index in [0.29, 0.717) is 47.3 Å². The number of imidazole rings is 1. The number of ether oxygens (including phenoxy) is 1. The minimum Gasteiger partial charge on any atom is -0.457 e. The van der Waals surface area contributed by atoms with Crippen LogP contribution in [0.5, 0.6) is 11.5 Å². The maximum Gasteiger partial charge on any atom is 0.242 e. The molecule has 0 spiro atoms. The Kier molecular flexibility index (Phi) is 5.21. The molecule has 36 heavy (non-hydrogen) atoms. The Hall–Kier alpha value is -4.93. The van der Waals surface area contributed by atoms with Crippen molar-refractivity contribution in [3.05, 3.63) is 73.3 Å². The van der Waals surface area contributed by atoms with Crippen LogP contribution in [0, 0.1) is 0 Å². The highest BCUT2D eigenvalue weighted by atomic mass is 16.5. The number of anilines is 2. The van der Waals surface area contributed by atoms with E-state index in [4.69, 9.17) is 21.3 Å². The summed E-state index contributed by atoms with van der Waals surface area (Å²) in [6.45, 7) is 1.17. The van der Waals surface area contributed by atoms with Crippen LogP contribution in [-0.2, 0) is 11.3 Å². The van der Waals surface area contributed by atoms with Gasteiger partial charge in [-0.05, 0) is 36.4 Å². The summed E-state index contributed by atoms with van der Waals surface area (Å²) < 4.78 is 9.36. The third-order valence-corrected chi connectivity index (χ3v) is 6.24. The van der Waals surface area contributed by atoms with Crippen molar-refractivity contribution < 1.29 is 9.53 Å². The predicted molar refractivity (Wildman–Crippen MR) is 134 cm³/mol. The molecule has 2 aromatic carbocycles. The molecular formula is C25H23N9O2. The summed E-state index contributed by atoms with van der Waals surface area (Å²) in [5.41, 5.74) is 14.2. The molecule has 0 atom stereocenters. The predicted octanol–water partition coefficient (Wildman–Crippen LogP) is 2.73. The molecule has 0 aliphatic carbocycles. The molecule has 1 aliphatic heterocycles. The molecule has 6 rings (SSSR count). The number of rotatable bonds is 6. The first kappa shape index (κ1) is 21.6. The number of carbonyl (C=O) groups excluding carboxylic acids is 1. The number of nitrogen functional groups attached to an aromatic ring is 2. The van der Waals surface area contributed by atoms with Crippen LogP contribution in [0.15, 0.2) is 73.3 Å². The van der Waals surface area contributed by atoms with Crippen molar-refractivity contribution >= 4 is 28.7 Å². The topological polar surface area (TPSA) is 143 Å². The van der Waals surface area contributed by atoms with Gasteiger partial charge in [0.25, 0.3) is 0 Å². The van der Waals surface area contributed by atoms with E-state index in [-0.39, 0.29) is 18.5 Å². The van der Waals surface area contributed by atoms with Gasteiger partial charge in [0.05, 0.1) is 11.4 Å². The molecular weight excluding hydrogens is 458 g/mol. The number of nitrogens with zero attached hydrogens (tertiary/aromatic N) is 7. The lowest BCUT2D eigenvalue weighted by molar-refractivity contribution is -0.137. The van der Waals surface area contributed by atoms with E-state index in [1.807, 2.05) is 59.3 Å². The van der Waals surface area contributed by atoms with Crippen molar-refractivity contribution in [2.45, 2.75) is 12.6 Å². The molecule has 1 fully saturated rings. The van der Waals surface area contributed by atoms with E-state index in [0.717, 1.165) is 11.3 Å². The Morgan fingerprint density at radius 3 is 2.44 bits per heavy atom. The summed E-state index contributed by atoms with van der Waals surface area (Å²) in [6.07, 6.45) is 4.69. The van der Waals surface area contributed by atoms with E-state index in [1.54, 1.807) is 21.9 Å². The zero-order valence-corrected chi connectivity index (χ0v) is 19.2. The maximum absolute atomic E-state index is 12.7. The highest BCUT2D eigenvalue weighted by Crippen LogP contribution is 2.35. The van der Waals surface area contributed by atoms with Crippen molar-refractivity contribution in [1.29, 1.82) is 0 Å². The highest BCUT2D eigenvalue weighted by molar-refractivity contribution is 5.98. The first-order chi connectivity index (χ1) is 17.6. The zero-order chi connectivity index (χ0) is 24.6. The summed E-state index contributed by atoms with van der Waals surface area (Å²) in [4.78, 5) is 27.0. The normalized spacial score (nSPS) is 13.6. The molecule has 0 unspecified atom stereocenters. The molecule has 4 N–H and O–H groups in total. The smallest absolute Gasteiger partial charge is 0.242 e. The Bertz CT molecular complexity index is 1540. The molecule has 180 valence electrons. The van der Waals surface area contributed by atoms with E-state index in [1.165, 1.54) is 6.33 Å². The number of fused-ring (bicyclic) bond motifs is 1. The quantitative estimate of drug-likeness (QED) is 0.377. The molecule has 11 nitrogen and oxygen atoms in total. The number of hydrogen-bond donors (Lipinski definition) is 2. The van der Waals surface area contributed by atoms with E-state index in [9.17, 15) is 4.79 Å². The Morgan fingerprint density at radius 1 is 0.972 bits per heavy atom. The molecule has 1 saturated heterocycles. The summed E-state index contributed by atoms with van der Waals surface area (Å²) in [5, 5.41) is 5.55. The van der Waals surface area contributed by atoms with Gasteiger partial charge in [-0.1, -0.05) is 18.2 Å². The Morgan fingerprint density at radius 2 is 1.72 bits per heavy atom. The second kappa shape index (κ2) is 8.69. The second-order valence-corrected chi connectivity index (χ2v) is 8.56. The van der Waals surface area contributed by atoms with Crippen molar-refractivity contribution in [3.8, 4) is 22.8 Å². The third-order valence-electron chi connectivity index (χ3n) is 6.24. The number of benzene rings is 2. The number of nitrogens with two attached hydrogens (primary N) is 2. The number of para-hydroxylation sites is 1. The largest absolute Gasteiger partial charge is 0.457 e. The van der Waals surface area contributed by atoms with Gasteiger partial charge in [0.15, 0.2) is 5.65 Å². The van der Waals surface area contributed by atoms with E-state index >= 15 is 0 Å². The minimum atomic E-state index is -0.0317. The van der Waals surface area contributed by atoms with Crippen LogP contribution in [-0.4, -0.2) is 53.2 Å². The fourth-order valence-electron chi connectivity index (χ4n) is 4.29. The van der Waals surface area contributed by atoms with Gasteiger partial charge in [-0.15, -0.1) is 0 Å². The van der Waals surface area contributed by atoms with Gasteiger partial charge in [-0.3, -0.25) is 4.79 Å². The Balaban J connectivity index is 1.24. The first-order valence-corrected chi connectivity index (χ1v) is 11.4. The fourth-order valence-corrected chi connectivity index (χ4v) is 4.29. The third kappa shape index (κ3) is 3.86. The zero-order valence-electron chi connectivity index (χ0n) is 19.2. The van der Waals surface area contributed by atoms with Crippen LogP contribution < -0.4 is 16.2 Å². The molecule has 4 heterocycles. The van der Waals surface area contributed by atoms with Gasteiger partial charge >= 0.3 is 0 Å². The van der Waals surface area contributed by atoms with E-state index in [2.05, 4.69) is 15.0 Å². The van der Waals surface area contributed by atoms with Gasteiger partial charge in [0.2, 0.25) is 11.9 Å². The van der Waals surface area contributed by atoms with Crippen molar-refractivity contribution in [1.82, 2.24) is 34.2 Å². The molecule has 0 bridgehead atoms. The molecule has 0 saturated carbocycles. The fraction of sp³-hybridized carbons (Fsp3) is 0.160. The number of aromatic nitrogens is 6. The number of amides is 1. The van der Waals surface area contributed by atoms with Gasteiger partial charge in [-0.2, -0.15) is 5.10 Å². The maximum atomic E-state index is 12.7. The molecule has 5 aromatic rings. The number of carbonyl (C=O) groups is 1. The van der Waals surface area contributed by atoms with Crippen molar-refractivity contribution in [2.24, 2.45) is 0 Å². The highest BCUT2D eigenvalue weighted by Gasteiger charge is 2.35. The SMILES string of the molecule is Nc1ncnc2c1c(-c1ccc(Oc3ccccc3)cc1)nn2C1CN(C(=O)Cn2ccnc2N)C1. The van der Waals surface area contributed by atoms with Crippen molar-refractivity contribution in [2.75, 3.05) is 24.6 Å². The average Bonchev–Trinajstić information content (AvgIpc) is 3.44. The van der Waals surface area contributed by atoms with Gasteiger partial charge in [0.1, 0.15) is 35.9 Å². The van der Waals surface area contributed by atoms with Crippen LogP contribution in [0.3, 0.4) is 0 Å². The lowest BCUT2D eigenvalue weighted by Gasteiger charge is -2.39. The lowest BCUT2D eigenvalue weighted by atomic mass is 10.1. The summed E-state index contributed by atoms with van der Waals surface area (Å²) >= 11 is 0. The summed E-state index contributed by atoms with van der Waals surface area (Å²) in [5.74, 6) is 2.11. The summed E-state index contributed by atoms with van der Waals surface area (Å²) in [6, 6.07) is 17.2. The molecule has 1 aliphatic rings. The van der Waals surface area contributed by atoms with Gasteiger partial charge in [0, 0.05) is 31.0 Å². The van der Waals surface area contributed by atoms with Crippen LogP contribution in [0.1, 0.15) is 6.04 Å². The number of hydrogen-bond acceptors (Lipinski definition) is 8. The molecule has 11 heteroatoms. The summed E-state index contributed by atoms with van der Waals surface area (Å²) in [7, 11) is 0. The monoisotopic (exact) mass is 481 g/mol. The average molecular weight is 482 g/mol. The van der Waals surface area contributed by atoms with Gasteiger partial charge in [-0.25, -0.2) is 19.6 Å². The minimum absolute atomic E-state index is 0.0275.